The molecule has 18 heavy (non-hydrogen) atoms. The molecule has 100 valence electrons. The van der Waals surface area contributed by atoms with Gasteiger partial charge in [0.25, 0.3) is 0 Å². The van der Waals surface area contributed by atoms with E-state index in [-0.39, 0.29) is 5.91 Å². The number of likely N-dealkylation sites (N-methyl/N-ethyl adjacent to an activating group) is 1. The van der Waals surface area contributed by atoms with Crippen LogP contribution in [0.25, 0.3) is 0 Å². The highest BCUT2D eigenvalue weighted by Crippen LogP contribution is 2.31. The van der Waals surface area contributed by atoms with Gasteiger partial charge in [-0.05, 0) is 31.5 Å². The van der Waals surface area contributed by atoms with Gasteiger partial charge in [0.15, 0.2) is 0 Å². The predicted octanol–water partition coefficient (Wildman–Crippen LogP) is 3.50. The second-order valence-electron chi connectivity index (χ2n) is 3.77. The Kier molecular flexibility index (Phi) is 5.76. The number of benzene rings is 1. The van der Waals surface area contributed by atoms with Gasteiger partial charge in [0.1, 0.15) is 11.1 Å². The maximum Gasteiger partial charge on any atom is 0.245 e. The van der Waals surface area contributed by atoms with Crippen LogP contribution >= 0.6 is 23.2 Å². The first-order valence-corrected chi connectivity index (χ1v) is 6.62. The summed E-state index contributed by atoms with van der Waals surface area (Å²) < 4.78 is 5.06. The average molecular weight is 290 g/mol. The number of carbonyl (C=O) groups is 1. The third-order valence-electron chi connectivity index (χ3n) is 2.76. The molecule has 1 aromatic carbocycles. The van der Waals surface area contributed by atoms with Crippen LogP contribution in [0.3, 0.4) is 0 Å². The number of amides is 1. The lowest BCUT2D eigenvalue weighted by Gasteiger charge is -2.22. The zero-order valence-corrected chi connectivity index (χ0v) is 12.3. The summed E-state index contributed by atoms with van der Waals surface area (Å²) in [6.07, 6.45) is 0. The topological polar surface area (TPSA) is 29.5 Å². The fraction of sp³-hybridized carbons (Fsp3) is 0.462. The van der Waals surface area contributed by atoms with Crippen molar-refractivity contribution in [1.82, 2.24) is 4.90 Å². The van der Waals surface area contributed by atoms with Crippen molar-refractivity contribution in [3.05, 3.63) is 28.8 Å². The van der Waals surface area contributed by atoms with Crippen LogP contribution in [0, 0.1) is 0 Å². The third-order valence-corrected chi connectivity index (χ3v) is 3.49. The molecule has 0 saturated heterocycles. The second kappa shape index (κ2) is 6.86. The van der Waals surface area contributed by atoms with Crippen LogP contribution in [0.4, 0.5) is 0 Å². The number of carbonyl (C=O) groups excluding carboxylic acids is 1. The fourth-order valence-corrected chi connectivity index (χ4v) is 2.22. The number of methoxy groups -OCH3 is 1. The second-order valence-corrected chi connectivity index (χ2v) is 4.61. The summed E-state index contributed by atoms with van der Waals surface area (Å²) in [5.74, 6) is 0.461. The Morgan fingerprint density at radius 2 is 2.00 bits per heavy atom. The highest BCUT2D eigenvalue weighted by Gasteiger charge is 2.22. The quantitative estimate of drug-likeness (QED) is 0.777. The average Bonchev–Trinajstić information content (AvgIpc) is 2.39. The van der Waals surface area contributed by atoms with Crippen molar-refractivity contribution in [2.45, 2.75) is 19.2 Å². The van der Waals surface area contributed by atoms with Crippen molar-refractivity contribution in [3.63, 3.8) is 0 Å². The highest BCUT2D eigenvalue weighted by molar-refractivity contribution is 6.33. The number of hydrogen-bond acceptors (Lipinski definition) is 2. The smallest absolute Gasteiger partial charge is 0.245 e. The van der Waals surface area contributed by atoms with Crippen molar-refractivity contribution in [2.75, 3.05) is 20.2 Å². The van der Waals surface area contributed by atoms with E-state index >= 15 is 0 Å². The summed E-state index contributed by atoms with van der Waals surface area (Å²) in [5.41, 5.74) is 0.680. The number of nitrogens with zero attached hydrogens (tertiary/aromatic N) is 1. The van der Waals surface area contributed by atoms with E-state index in [0.717, 1.165) is 0 Å². The Balaban J connectivity index is 2.93. The molecule has 0 aliphatic heterocycles. The molecule has 0 N–H and O–H groups in total. The van der Waals surface area contributed by atoms with E-state index in [9.17, 15) is 4.79 Å². The van der Waals surface area contributed by atoms with Gasteiger partial charge in [-0.25, -0.2) is 0 Å². The lowest BCUT2D eigenvalue weighted by molar-refractivity contribution is -0.130. The molecule has 0 aliphatic carbocycles. The van der Waals surface area contributed by atoms with Crippen LogP contribution in [-0.4, -0.2) is 31.0 Å². The van der Waals surface area contributed by atoms with Gasteiger partial charge < -0.3 is 9.64 Å². The minimum absolute atomic E-state index is 0.108. The van der Waals surface area contributed by atoms with Crippen LogP contribution in [0.2, 0.25) is 5.02 Å². The van der Waals surface area contributed by atoms with Gasteiger partial charge >= 0.3 is 0 Å². The van der Waals surface area contributed by atoms with Gasteiger partial charge in [-0.15, -0.1) is 11.6 Å². The van der Waals surface area contributed by atoms with Gasteiger partial charge in [-0.2, -0.15) is 0 Å². The zero-order valence-electron chi connectivity index (χ0n) is 10.7. The van der Waals surface area contributed by atoms with E-state index < -0.39 is 5.38 Å². The maximum atomic E-state index is 12.1. The molecule has 0 bridgehead atoms. The first kappa shape index (κ1) is 15.1. The molecule has 1 aromatic rings. The van der Waals surface area contributed by atoms with Gasteiger partial charge in [0, 0.05) is 13.1 Å². The Hall–Kier alpha value is -0.930. The van der Waals surface area contributed by atoms with E-state index in [1.807, 2.05) is 13.8 Å². The largest absolute Gasteiger partial charge is 0.495 e. The minimum Gasteiger partial charge on any atom is -0.495 e. The molecule has 0 aromatic heterocycles. The summed E-state index contributed by atoms with van der Waals surface area (Å²) in [7, 11) is 1.54. The highest BCUT2D eigenvalue weighted by atomic mass is 35.5. The lowest BCUT2D eigenvalue weighted by atomic mass is 10.1. The molecule has 0 heterocycles. The summed E-state index contributed by atoms with van der Waals surface area (Å²) >= 11 is 12.2. The van der Waals surface area contributed by atoms with Gasteiger partial charge in [-0.3, -0.25) is 4.79 Å². The molecule has 1 rings (SSSR count). The van der Waals surface area contributed by atoms with E-state index in [2.05, 4.69) is 0 Å². The lowest BCUT2D eigenvalue weighted by Crippen LogP contribution is -2.33. The summed E-state index contributed by atoms with van der Waals surface area (Å²) in [4.78, 5) is 13.8. The molecule has 5 heteroatoms. The monoisotopic (exact) mass is 289 g/mol. The van der Waals surface area contributed by atoms with Crippen LogP contribution in [-0.2, 0) is 4.79 Å². The van der Waals surface area contributed by atoms with Gasteiger partial charge in [0.05, 0.1) is 12.1 Å². The molecular formula is C13H17Cl2NO2. The fourth-order valence-electron chi connectivity index (χ4n) is 1.68. The van der Waals surface area contributed by atoms with Crippen LogP contribution in [0.1, 0.15) is 24.8 Å². The van der Waals surface area contributed by atoms with Crippen LogP contribution in [0.5, 0.6) is 5.75 Å². The number of rotatable bonds is 5. The summed E-state index contributed by atoms with van der Waals surface area (Å²) in [5, 5.41) is -0.263. The molecule has 0 spiro atoms. The Bertz CT molecular complexity index is 419. The Morgan fingerprint density at radius 3 is 2.44 bits per heavy atom. The van der Waals surface area contributed by atoms with Crippen molar-refractivity contribution < 1.29 is 9.53 Å². The van der Waals surface area contributed by atoms with Crippen LogP contribution < -0.4 is 4.74 Å². The van der Waals surface area contributed by atoms with Crippen molar-refractivity contribution in [2.24, 2.45) is 0 Å². The molecular weight excluding hydrogens is 273 g/mol. The Labute approximate surface area is 118 Å². The molecule has 1 unspecified atom stereocenters. The molecule has 3 nitrogen and oxygen atoms in total. The molecule has 1 amide bonds. The number of alkyl halides is 1. The predicted molar refractivity (Wildman–Crippen MR) is 74.5 cm³/mol. The zero-order chi connectivity index (χ0) is 13.7. The first-order chi connectivity index (χ1) is 8.54. The standard InChI is InChI=1S/C13H17Cl2NO2/c1-4-16(5-2)13(17)12(15)9-6-7-11(18-3)10(14)8-9/h6-8,12H,4-5H2,1-3H3. The molecule has 0 saturated carbocycles. The normalized spacial score (nSPS) is 12.1. The Morgan fingerprint density at radius 1 is 1.39 bits per heavy atom. The number of hydrogen-bond donors (Lipinski definition) is 0. The van der Waals surface area contributed by atoms with Crippen molar-refractivity contribution in [1.29, 1.82) is 0 Å². The van der Waals surface area contributed by atoms with E-state index in [4.69, 9.17) is 27.9 Å². The first-order valence-electron chi connectivity index (χ1n) is 5.81. The summed E-state index contributed by atoms with van der Waals surface area (Å²) in [6.45, 7) is 5.13. The SMILES string of the molecule is CCN(CC)C(=O)C(Cl)c1ccc(OC)c(Cl)c1. The van der Waals surface area contributed by atoms with Gasteiger partial charge in [0.2, 0.25) is 5.91 Å². The van der Waals surface area contributed by atoms with E-state index in [1.54, 1.807) is 30.2 Å². The third kappa shape index (κ3) is 3.30. The summed E-state index contributed by atoms with van der Waals surface area (Å²) in [6, 6.07) is 5.13. The van der Waals surface area contributed by atoms with E-state index in [1.165, 1.54) is 0 Å². The van der Waals surface area contributed by atoms with E-state index in [0.29, 0.717) is 29.4 Å². The van der Waals surface area contributed by atoms with Crippen molar-refractivity contribution >= 4 is 29.1 Å². The maximum absolute atomic E-state index is 12.1. The number of halogens is 2. The molecule has 0 aliphatic rings. The minimum atomic E-state index is -0.715. The molecule has 1 atom stereocenters. The van der Waals surface area contributed by atoms with Crippen molar-refractivity contribution in [3.8, 4) is 5.75 Å². The molecule has 0 fully saturated rings. The number of ether oxygens (including phenoxy) is 1. The molecule has 0 radical (unpaired) electrons. The van der Waals surface area contributed by atoms with Crippen LogP contribution in [0.15, 0.2) is 18.2 Å². The van der Waals surface area contributed by atoms with Gasteiger partial charge in [-0.1, -0.05) is 17.7 Å².